The maximum atomic E-state index is 12.1. The molecule has 0 radical (unpaired) electrons. The molecular weight excluding hydrogens is 212 g/mol. The molecule has 1 aromatic carbocycles. The number of rotatable bonds is 2. The molecular formula is C14H20N2O. The number of benzene rings is 1. The van der Waals surface area contributed by atoms with Gasteiger partial charge in [0, 0.05) is 5.69 Å². The lowest BCUT2D eigenvalue weighted by atomic mass is 9.98. The van der Waals surface area contributed by atoms with Gasteiger partial charge in [0.25, 0.3) is 0 Å². The van der Waals surface area contributed by atoms with Gasteiger partial charge in [0.1, 0.15) is 0 Å². The zero-order valence-electron chi connectivity index (χ0n) is 10.5. The molecule has 1 aliphatic carbocycles. The Hall–Kier alpha value is -1.35. The Balaban J connectivity index is 2.12. The lowest BCUT2D eigenvalue weighted by Gasteiger charge is -2.22. The van der Waals surface area contributed by atoms with Crippen LogP contribution in [0.15, 0.2) is 18.2 Å². The molecule has 3 heteroatoms. The van der Waals surface area contributed by atoms with E-state index in [0.29, 0.717) is 0 Å². The third-order valence-electron chi connectivity index (χ3n) is 3.43. The summed E-state index contributed by atoms with van der Waals surface area (Å²) in [6, 6.07) is 6.04. The van der Waals surface area contributed by atoms with Gasteiger partial charge in [0.15, 0.2) is 0 Å². The molecule has 0 atom stereocenters. The van der Waals surface area contributed by atoms with Crippen LogP contribution < -0.4 is 11.1 Å². The van der Waals surface area contributed by atoms with Crippen LogP contribution in [0.3, 0.4) is 0 Å². The van der Waals surface area contributed by atoms with Crippen molar-refractivity contribution in [1.82, 2.24) is 0 Å². The van der Waals surface area contributed by atoms with Crippen LogP contribution in [-0.2, 0) is 4.79 Å². The van der Waals surface area contributed by atoms with Crippen molar-refractivity contribution in [3.05, 3.63) is 29.3 Å². The molecule has 17 heavy (non-hydrogen) atoms. The molecule has 1 fully saturated rings. The topological polar surface area (TPSA) is 55.1 Å². The Morgan fingerprint density at radius 3 is 2.24 bits per heavy atom. The van der Waals surface area contributed by atoms with Crippen molar-refractivity contribution in [3.8, 4) is 0 Å². The van der Waals surface area contributed by atoms with Gasteiger partial charge < -0.3 is 11.1 Å². The summed E-state index contributed by atoms with van der Waals surface area (Å²) in [6.07, 6.45) is 3.70. The first-order valence-electron chi connectivity index (χ1n) is 6.18. The van der Waals surface area contributed by atoms with E-state index in [1.807, 2.05) is 26.0 Å². The second-order valence-corrected chi connectivity index (χ2v) is 5.19. The van der Waals surface area contributed by atoms with Crippen molar-refractivity contribution in [3.63, 3.8) is 0 Å². The smallest absolute Gasteiger partial charge is 0.244 e. The SMILES string of the molecule is Cc1cc(C)cc(NC(=O)C2(N)CCCC2)c1. The summed E-state index contributed by atoms with van der Waals surface area (Å²) in [4.78, 5) is 12.1. The van der Waals surface area contributed by atoms with Crippen LogP contribution in [0.4, 0.5) is 5.69 Å². The van der Waals surface area contributed by atoms with Crippen molar-refractivity contribution in [2.45, 2.75) is 45.1 Å². The van der Waals surface area contributed by atoms with E-state index >= 15 is 0 Å². The van der Waals surface area contributed by atoms with Gasteiger partial charge in [-0.15, -0.1) is 0 Å². The Labute approximate surface area is 102 Å². The second-order valence-electron chi connectivity index (χ2n) is 5.19. The number of nitrogens with one attached hydrogen (secondary N) is 1. The molecule has 3 N–H and O–H groups in total. The minimum atomic E-state index is -0.655. The fourth-order valence-electron chi connectivity index (χ4n) is 2.54. The number of hydrogen-bond donors (Lipinski definition) is 2. The van der Waals surface area contributed by atoms with Crippen LogP contribution in [-0.4, -0.2) is 11.4 Å². The first-order chi connectivity index (χ1) is 7.99. The highest BCUT2D eigenvalue weighted by Crippen LogP contribution is 2.28. The third-order valence-corrected chi connectivity index (χ3v) is 3.43. The second kappa shape index (κ2) is 4.49. The monoisotopic (exact) mass is 232 g/mol. The van der Waals surface area contributed by atoms with Gasteiger partial charge in [-0.1, -0.05) is 18.9 Å². The highest BCUT2D eigenvalue weighted by atomic mass is 16.2. The van der Waals surface area contributed by atoms with Crippen LogP contribution in [0.25, 0.3) is 0 Å². The Morgan fingerprint density at radius 1 is 1.18 bits per heavy atom. The average molecular weight is 232 g/mol. The van der Waals surface area contributed by atoms with Gasteiger partial charge in [-0.3, -0.25) is 4.79 Å². The summed E-state index contributed by atoms with van der Waals surface area (Å²) in [6.45, 7) is 4.05. The molecule has 1 aromatic rings. The zero-order valence-corrected chi connectivity index (χ0v) is 10.5. The lowest BCUT2D eigenvalue weighted by molar-refractivity contribution is -0.121. The predicted molar refractivity (Wildman–Crippen MR) is 69.9 cm³/mol. The normalized spacial score (nSPS) is 18.1. The highest BCUT2D eigenvalue weighted by Gasteiger charge is 2.36. The number of nitrogens with two attached hydrogens (primary N) is 1. The number of aryl methyl sites for hydroxylation is 2. The quantitative estimate of drug-likeness (QED) is 0.823. The maximum Gasteiger partial charge on any atom is 0.244 e. The number of hydrogen-bond acceptors (Lipinski definition) is 2. The molecule has 0 aliphatic heterocycles. The van der Waals surface area contributed by atoms with Crippen molar-refractivity contribution in [2.75, 3.05) is 5.32 Å². The Bertz CT molecular complexity index is 414. The van der Waals surface area contributed by atoms with Crippen molar-refractivity contribution in [2.24, 2.45) is 5.73 Å². The largest absolute Gasteiger partial charge is 0.324 e. The summed E-state index contributed by atoms with van der Waals surface area (Å²) < 4.78 is 0. The number of anilines is 1. The van der Waals surface area contributed by atoms with Crippen LogP contribution in [0, 0.1) is 13.8 Å². The molecule has 0 heterocycles. The van der Waals surface area contributed by atoms with Crippen LogP contribution in [0.5, 0.6) is 0 Å². The van der Waals surface area contributed by atoms with Gasteiger partial charge in [0.2, 0.25) is 5.91 Å². The third kappa shape index (κ3) is 2.67. The summed E-state index contributed by atoms with van der Waals surface area (Å²) in [5.74, 6) is -0.0417. The van der Waals surface area contributed by atoms with E-state index in [0.717, 1.165) is 42.5 Å². The molecule has 0 aromatic heterocycles. The number of carbonyl (C=O) groups excluding carboxylic acids is 1. The minimum absolute atomic E-state index is 0.0417. The summed E-state index contributed by atoms with van der Waals surface area (Å²) >= 11 is 0. The Morgan fingerprint density at radius 2 is 1.71 bits per heavy atom. The molecule has 3 nitrogen and oxygen atoms in total. The summed E-state index contributed by atoms with van der Waals surface area (Å²) in [7, 11) is 0. The fourth-order valence-corrected chi connectivity index (χ4v) is 2.54. The molecule has 1 aliphatic rings. The lowest BCUT2D eigenvalue weighted by Crippen LogP contribution is -2.48. The molecule has 1 saturated carbocycles. The van der Waals surface area contributed by atoms with Crippen molar-refractivity contribution >= 4 is 11.6 Å². The first-order valence-corrected chi connectivity index (χ1v) is 6.18. The van der Waals surface area contributed by atoms with E-state index in [4.69, 9.17) is 5.73 Å². The molecule has 0 bridgehead atoms. The van der Waals surface area contributed by atoms with E-state index in [2.05, 4.69) is 11.4 Å². The molecule has 1 amide bonds. The average Bonchev–Trinajstić information content (AvgIpc) is 2.64. The number of amides is 1. The summed E-state index contributed by atoms with van der Waals surface area (Å²) in [5, 5.41) is 2.94. The maximum absolute atomic E-state index is 12.1. The highest BCUT2D eigenvalue weighted by molar-refractivity contribution is 5.98. The Kier molecular flexibility index (Phi) is 3.20. The van der Waals surface area contributed by atoms with Crippen LogP contribution >= 0.6 is 0 Å². The van der Waals surface area contributed by atoms with Crippen LogP contribution in [0.1, 0.15) is 36.8 Å². The van der Waals surface area contributed by atoms with E-state index in [1.54, 1.807) is 0 Å². The van der Waals surface area contributed by atoms with Gasteiger partial charge in [0.05, 0.1) is 5.54 Å². The van der Waals surface area contributed by atoms with E-state index < -0.39 is 5.54 Å². The first kappa shape index (κ1) is 12.1. The summed E-state index contributed by atoms with van der Waals surface area (Å²) in [5.41, 5.74) is 8.61. The van der Waals surface area contributed by atoms with Gasteiger partial charge in [-0.2, -0.15) is 0 Å². The van der Waals surface area contributed by atoms with Gasteiger partial charge in [-0.05, 0) is 49.9 Å². The molecule has 0 spiro atoms. The zero-order chi connectivity index (χ0) is 12.5. The van der Waals surface area contributed by atoms with E-state index in [1.165, 1.54) is 0 Å². The van der Waals surface area contributed by atoms with Gasteiger partial charge in [-0.25, -0.2) is 0 Å². The molecule has 92 valence electrons. The molecule has 0 saturated heterocycles. The minimum Gasteiger partial charge on any atom is -0.324 e. The fraction of sp³-hybridized carbons (Fsp3) is 0.500. The number of carbonyl (C=O) groups is 1. The predicted octanol–water partition coefficient (Wildman–Crippen LogP) is 2.51. The standard InChI is InChI=1S/C14H20N2O/c1-10-7-11(2)9-12(8-10)16-13(17)14(15)5-3-4-6-14/h7-9H,3-6,15H2,1-2H3,(H,16,17). The van der Waals surface area contributed by atoms with Gasteiger partial charge >= 0.3 is 0 Å². The molecule has 2 rings (SSSR count). The van der Waals surface area contributed by atoms with Crippen molar-refractivity contribution in [1.29, 1.82) is 0 Å². The van der Waals surface area contributed by atoms with Crippen LogP contribution in [0.2, 0.25) is 0 Å². The van der Waals surface area contributed by atoms with E-state index in [-0.39, 0.29) is 5.91 Å². The van der Waals surface area contributed by atoms with Crippen molar-refractivity contribution < 1.29 is 4.79 Å². The molecule has 0 unspecified atom stereocenters. The van der Waals surface area contributed by atoms with E-state index in [9.17, 15) is 4.79 Å².